The number of furan rings is 1. The van der Waals surface area contributed by atoms with Gasteiger partial charge in [-0.2, -0.15) is 13.2 Å². The molecular formula is C10H12F3NO. The van der Waals surface area contributed by atoms with Crippen LogP contribution in [-0.4, -0.2) is 6.54 Å². The molecule has 5 heteroatoms. The minimum atomic E-state index is -4.38. The lowest BCUT2D eigenvalue weighted by molar-refractivity contribution is -0.153. The topological polar surface area (TPSA) is 25.2 Å². The van der Waals surface area contributed by atoms with Crippen molar-refractivity contribution in [3.05, 3.63) is 23.7 Å². The Kier molecular flexibility index (Phi) is 2.73. The highest BCUT2D eigenvalue weighted by Crippen LogP contribution is 2.33. The van der Waals surface area contributed by atoms with Gasteiger partial charge in [-0.25, -0.2) is 0 Å². The predicted octanol–water partition coefficient (Wildman–Crippen LogP) is 3.11. The normalized spacial score (nSPS) is 23.0. The summed E-state index contributed by atoms with van der Waals surface area (Å²) in [5, 5.41) is 3.14. The van der Waals surface area contributed by atoms with Crippen molar-refractivity contribution in [2.24, 2.45) is 0 Å². The van der Waals surface area contributed by atoms with Gasteiger partial charge in [-0.15, -0.1) is 0 Å². The second-order valence-electron chi connectivity index (χ2n) is 3.70. The van der Waals surface area contributed by atoms with E-state index in [1.807, 2.05) is 0 Å². The third kappa shape index (κ3) is 2.34. The number of hydrogen-bond donors (Lipinski definition) is 1. The van der Waals surface area contributed by atoms with Gasteiger partial charge in [-0.05, 0) is 31.5 Å². The minimum absolute atomic E-state index is 0.0603. The van der Waals surface area contributed by atoms with E-state index in [9.17, 15) is 13.2 Å². The highest BCUT2D eigenvalue weighted by atomic mass is 19.4. The maximum Gasteiger partial charge on any atom is 0.449 e. The molecule has 0 spiro atoms. The SMILES string of the molecule is FC(F)(F)c1ccc(C2CCCCN2)o1. The van der Waals surface area contributed by atoms with Crippen LogP contribution in [0.3, 0.4) is 0 Å². The Morgan fingerprint density at radius 3 is 2.60 bits per heavy atom. The molecule has 0 radical (unpaired) electrons. The largest absolute Gasteiger partial charge is 0.455 e. The van der Waals surface area contributed by atoms with Gasteiger partial charge in [0, 0.05) is 0 Å². The van der Waals surface area contributed by atoms with Crippen LogP contribution in [0.15, 0.2) is 16.5 Å². The van der Waals surface area contributed by atoms with Crippen LogP contribution in [0.25, 0.3) is 0 Å². The quantitative estimate of drug-likeness (QED) is 0.785. The van der Waals surface area contributed by atoms with Gasteiger partial charge in [0.25, 0.3) is 0 Å². The first-order valence-corrected chi connectivity index (χ1v) is 4.98. The molecule has 1 aliphatic heterocycles. The van der Waals surface area contributed by atoms with Gasteiger partial charge in [-0.1, -0.05) is 6.42 Å². The van der Waals surface area contributed by atoms with Gasteiger partial charge in [0.05, 0.1) is 6.04 Å². The van der Waals surface area contributed by atoms with Crippen LogP contribution in [0.1, 0.15) is 36.8 Å². The van der Waals surface area contributed by atoms with E-state index in [4.69, 9.17) is 4.42 Å². The van der Waals surface area contributed by atoms with E-state index in [1.54, 1.807) is 0 Å². The average Bonchev–Trinajstić information content (AvgIpc) is 2.67. The summed E-state index contributed by atoms with van der Waals surface area (Å²) in [6.07, 6.45) is -1.44. The lowest BCUT2D eigenvalue weighted by atomic mass is 10.0. The molecule has 0 saturated carbocycles. The van der Waals surface area contributed by atoms with Crippen LogP contribution >= 0.6 is 0 Å². The highest BCUT2D eigenvalue weighted by molar-refractivity contribution is 5.13. The lowest BCUT2D eigenvalue weighted by Crippen LogP contribution is -2.26. The van der Waals surface area contributed by atoms with E-state index in [0.29, 0.717) is 5.76 Å². The Hall–Kier alpha value is -0.970. The molecule has 0 bridgehead atoms. The molecule has 1 aromatic rings. The summed E-state index contributed by atoms with van der Waals surface area (Å²) in [5.74, 6) is -0.521. The molecule has 2 nitrogen and oxygen atoms in total. The summed E-state index contributed by atoms with van der Waals surface area (Å²) in [6, 6.07) is 2.34. The van der Waals surface area contributed by atoms with Crippen LogP contribution < -0.4 is 5.32 Å². The third-order valence-corrected chi connectivity index (χ3v) is 2.56. The van der Waals surface area contributed by atoms with Crippen molar-refractivity contribution in [2.75, 3.05) is 6.54 Å². The Bertz CT molecular complexity index is 326. The molecule has 2 heterocycles. The summed E-state index contributed by atoms with van der Waals surface area (Å²) < 4.78 is 41.6. The maximum absolute atomic E-state index is 12.3. The van der Waals surface area contributed by atoms with Crippen molar-refractivity contribution in [2.45, 2.75) is 31.5 Å². The number of alkyl halides is 3. The Morgan fingerprint density at radius 2 is 2.07 bits per heavy atom. The molecule has 1 atom stereocenters. The molecule has 15 heavy (non-hydrogen) atoms. The predicted molar refractivity (Wildman–Crippen MR) is 48.3 cm³/mol. The van der Waals surface area contributed by atoms with Crippen LogP contribution in [0.5, 0.6) is 0 Å². The van der Waals surface area contributed by atoms with Gasteiger partial charge >= 0.3 is 6.18 Å². The zero-order valence-corrected chi connectivity index (χ0v) is 8.10. The number of piperidine rings is 1. The summed E-state index contributed by atoms with van der Waals surface area (Å²) >= 11 is 0. The smallest absolute Gasteiger partial charge is 0.449 e. The lowest BCUT2D eigenvalue weighted by Gasteiger charge is -2.21. The Labute approximate surface area is 85.5 Å². The number of rotatable bonds is 1. The molecule has 1 unspecified atom stereocenters. The molecule has 1 aromatic heterocycles. The molecule has 1 fully saturated rings. The van der Waals surface area contributed by atoms with Gasteiger partial charge in [-0.3, -0.25) is 0 Å². The summed E-state index contributed by atoms with van der Waals surface area (Å²) in [6.45, 7) is 0.840. The fraction of sp³-hybridized carbons (Fsp3) is 0.600. The zero-order chi connectivity index (χ0) is 10.9. The van der Waals surface area contributed by atoms with E-state index in [2.05, 4.69) is 5.32 Å². The van der Waals surface area contributed by atoms with E-state index < -0.39 is 11.9 Å². The molecule has 0 aromatic carbocycles. The Morgan fingerprint density at radius 1 is 1.27 bits per heavy atom. The van der Waals surface area contributed by atoms with E-state index >= 15 is 0 Å². The van der Waals surface area contributed by atoms with Gasteiger partial charge < -0.3 is 9.73 Å². The van der Waals surface area contributed by atoms with Gasteiger partial charge in [0.1, 0.15) is 5.76 Å². The van der Waals surface area contributed by atoms with Crippen LogP contribution in [0, 0.1) is 0 Å². The number of nitrogens with one attached hydrogen (secondary N) is 1. The van der Waals surface area contributed by atoms with E-state index in [1.165, 1.54) is 6.07 Å². The van der Waals surface area contributed by atoms with Gasteiger partial charge in [0.2, 0.25) is 5.76 Å². The minimum Gasteiger partial charge on any atom is -0.455 e. The zero-order valence-electron chi connectivity index (χ0n) is 8.10. The van der Waals surface area contributed by atoms with Gasteiger partial charge in [0.15, 0.2) is 0 Å². The fourth-order valence-electron chi connectivity index (χ4n) is 1.79. The Balaban J connectivity index is 2.12. The molecule has 1 N–H and O–H groups in total. The van der Waals surface area contributed by atoms with Crippen molar-refractivity contribution in [1.29, 1.82) is 0 Å². The van der Waals surface area contributed by atoms with Crippen LogP contribution in [0.2, 0.25) is 0 Å². The molecule has 0 amide bonds. The summed E-state index contributed by atoms with van der Waals surface area (Å²) in [7, 11) is 0. The number of halogens is 3. The highest BCUT2D eigenvalue weighted by Gasteiger charge is 2.35. The summed E-state index contributed by atoms with van der Waals surface area (Å²) in [4.78, 5) is 0. The number of hydrogen-bond acceptors (Lipinski definition) is 2. The second kappa shape index (κ2) is 3.89. The first kappa shape index (κ1) is 10.5. The standard InChI is InChI=1S/C10H12F3NO/c11-10(12,13)9-5-4-8(15-9)7-3-1-2-6-14-7/h4-5,7,14H,1-3,6H2. The second-order valence-corrected chi connectivity index (χ2v) is 3.70. The van der Waals surface area contributed by atoms with Crippen molar-refractivity contribution < 1.29 is 17.6 Å². The first-order chi connectivity index (χ1) is 7.07. The molecular weight excluding hydrogens is 207 g/mol. The van der Waals surface area contributed by atoms with E-state index in [0.717, 1.165) is 31.9 Å². The van der Waals surface area contributed by atoms with Crippen molar-refractivity contribution in [3.8, 4) is 0 Å². The van der Waals surface area contributed by atoms with Crippen molar-refractivity contribution in [3.63, 3.8) is 0 Å². The molecule has 84 valence electrons. The first-order valence-electron chi connectivity index (χ1n) is 4.98. The molecule has 2 rings (SSSR count). The maximum atomic E-state index is 12.3. The van der Waals surface area contributed by atoms with Crippen molar-refractivity contribution in [1.82, 2.24) is 5.32 Å². The van der Waals surface area contributed by atoms with Crippen molar-refractivity contribution >= 4 is 0 Å². The molecule has 0 aliphatic carbocycles. The van der Waals surface area contributed by atoms with E-state index in [-0.39, 0.29) is 6.04 Å². The summed E-state index contributed by atoms with van der Waals surface area (Å²) in [5.41, 5.74) is 0. The molecule has 1 saturated heterocycles. The van der Waals surface area contributed by atoms with Crippen LogP contribution in [-0.2, 0) is 6.18 Å². The average molecular weight is 219 g/mol. The van der Waals surface area contributed by atoms with Crippen LogP contribution in [0.4, 0.5) is 13.2 Å². The molecule has 1 aliphatic rings. The fourth-order valence-corrected chi connectivity index (χ4v) is 1.79. The monoisotopic (exact) mass is 219 g/mol. The third-order valence-electron chi connectivity index (χ3n) is 2.56.